The summed E-state index contributed by atoms with van der Waals surface area (Å²) in [5.41, 5.74) is -1.29. The van der Waals surface area contributed by atoms with Crippen LogP contribution in [0.2, 0.25) is 0 Å². The first kappa shape index (κ1) is 18.7. The SMILES string of the molecule is CC(O)(CNC(=O)CCC(=O)c1ccccc1)c1ccc(F)cc1F. The summed E-state index contributed by atoms with van der Waals surface area (Å²) in [5.74, 6) is -2.24. The molecule has 6 heteroatoms. The van der Waals surface area contributed by atoms with Crippen molar-refractivity contribution in [2.24, 2.45) is 0 Å². The molecule has 2 aromatic rings. The minimum Gasteiger partial charge on any atom is -0.383 e. The molecule has 1 unspecified atom stereocenters. The predicted octanol–water partition coefficient (Wildman–Crippen LogP) is 2.95. The lowest BCUT2D eigenvalue weighted by Gasteiger charge is -2.24. The topological polar surface area (TPSA) is 66.4 Å². The number of carbonyl (C=O) groups excluding carboxylic acids is 2. The zero-order chi connectivity index (χ0) is 18.4. The third-order valence-corrected chi connectivity index (χ3v) is 3.82. The summed E-state index contributed by atoms with van der Waals surface area (Å²) < 4.78 is 26.7. The van der Waals surface area contributed by atoms with Crippen LogP contribution in [0.3, 0.4) is 0 Å². The van der Waals surface area contributed by atoms with Gasteiger partial charge in [0.25, 0.3) is 0 Å². The second kappa shape index (κ2) is 7.98. The summed E-state index contributed by atoms with van der Waals surface area (Å²) in [5, 5.41) is 12.8. The van der Waals surface area contributed by atoms with E-state index in [4.69, 9.17) is 0 Å². The average Bonchev–Trinajstić information content (AvgIpc) is 2.58. The largest absolute Gasteiger partial charge is 0.383 e. The van der Waals surface area contributed by atoms with Gasteiger partial charge in [-0.25, -0.2) is 8.78 Å². The molecule has 2 aromatic carbocycles. The highest BCUT2D eigenvalue weighted by Crippen LogP contribution is 2.23. The summed E-state index contributed by atoms with van der Waals surface area (Å²) in [4.78, 5) is 23.8. The van der Waals surface area contributed by atoms with Gasteiger partial charge in [0.05, 0.1) is 6.54 Å². The molecular formula is C19H19F2NO3. The lowest BCUT2D eigenvalue weighted by molar-refractivity contribution is -0.122. The third-order valence-electron chi connectivity index (χ3n) is 3.82. The molecule has 0 bridgehead atoms. The molecule has 1 atom stereocenters. The van der Waals surface area contributed by atoms with Gasteiger partial charge in [0, 0.05) is 30.0 Å². The molecule has 0 aliphatic rings. The molecule has 0 aromatic heterocycles. The van der Waals surface area contributed by atoms with E-state index in [2.05, 4.69) is 5.32 Å². The average molecular weight is 347 g/mol. The maximum Gasteiger partial charge on any atom is 0.220 e. The molecule has 0 fully saturated rings. The van der Waals surface area contributed by atoms with E-state index < -0.39 is 23.1 Å². The Morgan fingerprint density at radius 3 is 2.40 bits per heavy atom. The Balaban J connectivity index is 1.87. The van der Waals surface area contributed by atoms with Crippen molar-refractivity contribution in [3.8, 4) is 0 Å². The normalized spacial score (nSPS) is 13.1. The minimum atomic E-state index is -1.70. The molecule has 4 nitrogen and oxygen atoms in total. The number of Topliss-reactive ketones (excluding diaryl/α,β-unsaturated/α-hetero) is 1. The van der Waals surface area contributed by atoms with Crippen molar-refractivity contribution >= 4 is 11.7 Å². The summed E-state index contributed by atoms with van der Waals surface area (Å²) in [6.45, 7) is 1.06. The summed E-state index contributed by atoms with van der Waals surface area (Å²) >= 11 is 0. The van der Waals surface area contributed by atoms with Gasteiger partial charge < -0.3 is 10.4 Å². The first-order chi connectivity index (χ1) is 11.8. The van der Waals surface area contributed by atoms with Crippen LogP contribution in [0.1, 0.15) is 35.7 Å². The molecule has 0 spiro atoms. The van der Waals surface area contributed by atoms with Crippen molar-refractivity contribution in [1.82, 2.24) is 5.32 Å². The first-order valence-electron chi connectivity index (χ1n) is 7.82. The number of halogens is 2. The lowest BCUT2D eigenvalue weighted by atomic mass is 9.95. The van der Waals surface area contributed by atoms with Crippen molar-refractivity contribution in [1.29, 1.82) is 0 Å². The van der Waals surface area contributed by atoms with Crippen LogP contribution in [0, 0.1) is 11.6 Å². The fraction of sp³-hybridized carbons (Fsp3) is 0.263. The molecule has 1 amide bonds. The van der Waals surface area contributed by atoms with E-state index in [-0.39, 0.29) is 30.7 Å². The van der Waals surface area contributed by atoms with Crippen molar-refractivity contribution < 1.29 is 23.5 Å². The molecule has 132 valence electrons. The fourth-order valence-corrected chi connectivity index (χ4v) is 2.38. The van der Waals surface area contributed by atoms with E-state index in [9.17, 15) is 23.5 Å². The number of carbonyl (C=O) groups is 2. The van der Waals surface area contributed by atoms with Crippen LogP contribution in [0.4, 0.5) is 8.78 Å². The Hall–Kier alpha value is -2.60. The van der Waals surface area contributed by atoms with Crippen LogP contribution >= 0.6 is 0 Å². The number of aliphatic hydroxyl groups is 1. The number of rotatable bonds is 7. The smallest absolute Gasteiger partial charge is 0.220 e. The molecule has 0 aliphatic heterocycles. The van der Waals surface area contributed by atoms with E-state index in [0.717, 1.165) is 12.1 Å². The summed E-state index contributed by atoms with van der Waals surface area (Å²) in [6.07, 6.45) is -0.0153. The number of benzene rings is 2. The van der Waals surface area contributed by atoms with Gasteiger partial charge in [0.15, 0.2) is 5.78 Å². The number of amides is 1. The van der Waals surface area contributed by atoms with Gasteiger partial charge in [-0.1, -0.05) is 36.4 Å². The van der Waals surface area contributed by atoms with Crippen molar-refractivity contribution in [2.45, 2.75) is 25.4 Å². The van der Waals surface area contributed by atoms with Gasteiger partial charge in [-0.3, -0.25) is 9.59 Å². The predicted molar refractivity (Wildman–Crippen MR) is 88.9 cm³/mol. The minimum absolute atomic E-state index is 0.0307. The lowest BCUT2D eigenvalue weighted by Crippen LogP contribution is -2.39. The zero-order valence-electron chi connectivity index (χ0n) is 13.8. The van der Waals surface area contributed by atoms with Crippen molar-refractivity contribution in [3.05, 3.63) is 71.3 Å². The van der Waals surface area contributed by atoms with Crippen molar-refractivity contribution in [2.75, 3.05) is 6.54 Å². The molecule has 0 radical (unpaired) electrons. The van der Waals surface area contributed by atoms with E-state index in [1.807, 2.05) is 0 Å². The Kier molecular flexibility index (Phi) is 5.98. The molecule has 0 saturated carbocycles. The monoisotopic (exact) mass is 347 g/mol. The van der Waals surface area contributed by atoms with E-state index in [1.54, 1.807) is 30.3 Å². The highest BCUT2D eigenvalue weighted by atomic mass is 19.1. The number of ketones is 1. The van der Waals surface area contributed by atoms with Gasteiger partial charge in [-0.05, 0) is 13.0 Å². The highest BCUT2D eigenvalue weighted by Gasteiger charge is 2.27. The fourth-order valence-electron chi connectivity index (χ4n) is 2.38. The Morgan fingerprint density at radius 2 is 1.76 bits per heavy atom. The molecule has 25 heavy (non-hydrogen) atoms. The summed E-state index contributed by atoms with van der Waals surface area (Å²) in [7, 11) is 0. The molecule has 0 saturated heterocycles. The molecule has 2 rings (SSSR count). The van der Waals surface area contributed by atoms with Gasteiger partial charge in [-0.15, -0.1) is 0 Å². The standard InChI is InChI=1S/C19H19F2NO3/c1-19(25,15-8-7-14(20)11-16(15)21)12-22-18(24)10-9-17(23)13-5-3-2-4-6-13/h2-8,11,25H,9-10,12H2,1H3,(H,22,24). The van der Waals surface area contributed by atoms with Gasteiger partial charge in [-0.2, -0.15) is 0 Å². The van der Waals surface area contributed by atoms with E-state index in [0.29, 0.717) is 11.6 Å². The van der Waals surface area contributed by atoms with Crippen LogP contribution in [-0.2, 0) is 10.4 Å². The number of hydrogen-bond donors (Lipinski definition) is 2. The first-order valence-corrected chi connectivity index (χ1v) is 7.82. The van der Waals surface area contributed by atoms with Crippen LogP contribution < -0.4 is 5.32 Å². The molecular weight excluding hydrogens is 328 g/mol. The third kappa shape index (κ3) is 5.19. The second-order valence-electron chi connectivity index (χ2n) is 5.96. The van der Waals surface area contributed by atoms with Gasteiger partial charge in [0.2, 0.25) is 5.91 Å². The maximum absolute atomic E-state index is 13.8. The quantitative estimate of drug-likeness (QED) is 0.757. The second-order valence-corrected chi connectivity index (χ2v) is 5.96. The van der Waals surface area contributed by atoms with Crippen LogP contribution in [0.5, 0.6) is 0 Å². The highest BCUT2D eigenvalue weighted by molar-refractivity contribution is 5.97. The van der Waals surface area contributed by atoms with Crippen molar-refractivity contribution in [3.63, 3.8) is 0 Å². The number of hydrogen-bond acceptors (Lipinski definition) is 3. The zero-order valence-corrected chi connectivity index (χ0v) is 13.8. The Bertz CT molecular complexity index is 761. The maximum atomic E-state index is 13.8. The van der Waals surface area contributed by atoms with Gasteiger partial charge in [0.1, 0.15) is 17.2 Å². The molecule has 0 aliphatic carbocycles. The molecule has 2 N–H and O–H groups in total. The van der Waals surface area contributed by atoms with Crippen LogP contribution in [0.25, 0.3) is 0 Å². The van der Waals surface area contributed by atoms with E-state index >= 15 is 0 Å². The van der Waals surface area contributed by atoms with Crippen LogP contribution in [-0.4, -0.2) is 23.3 Å². The Morgan fingerprint density at radius 1 is 1.08 bits per heavy atom. The summed E-state index contributed by atoms with van der Waals surface area (Å²) in [6, 6.07) is 11.4. The van der Waals surface area contributed by atoms with E-state index in [1.165, 1.54) is 6.92 Å². The number of nitrogens with one attached hydrogen (secondary N) is 1. The molecule has 0 heterocycles. The van der Waals surface area contributed by atoms with Crippen LogP contribution in [0.15, 0.2) is 48.5 Å². The Labute approximate surface area is 144 Å². The van der Waals surface area contributed by atoms with Gasteiger partial charge >= 0.3 is 0 Å².